The fourth-order valence-electron chi connectivity index (χ4n) is 2.89. The Balaban J connectivity index is 2.65. The number of rotatable bonds is 6. The zero-order chi connectivity index (χ0) is 13.8. The fraction of sp³-hybridized carbons (Fsp3) is 1.00. The van der Waals surface area contributed by atoms with Crippen molar-refractivity contribution in [1.29, 1.82) is 0 Å². The predicted octanol–water partition coefficient (Wildman–Crippen LogP) is 1.15. The first-order valence-electron chi connectivity index (χ1n) is 7.17. The molecule has 108 valence electrons. The normalized spacial score (nSPS) is 24.2. The van der Waals surface area contributed by atoms with Crippen LogP contribution in [0.2, 0.25) is 0 Å². The van der Waals surface area contributed by atoms with Crippen LogP contribution in [-0.4, -0.2) is 67.8 Å². The van der Waals surface area contributed by atoms with E-state index in [2.05, 4.69) is 37.6 Å². The minimum absolute atomic E-state index is 0.0756. The van der Waals surface area contributed by atoms with Gasteiger partial charge in [0.15, 0.2) is 0 Å². The van der Waals surface area contributed by atoms with E-state index < -0.39 is 0 Å². The monoisotopic (exact) mass is 257 g/mol. The SMILES string of the molecule is CCN1CCC(N(C)C(C)(CN)C(C)OC)CC1. The van der Waals surface area contributed by atoms with E-state index in [-0.39, 0.29) is 11.6 Å². The molecular formula is C14H31N3O. The van der Waals surface area contributed by atoms with Crippen LogP contribution in [0.3, 0.4) is 0 Å². The Morgan fingerprint density at radius 2 is 2.00 bits per heavy atom. The zero-order valence-electron chi connectivity index (χ0n) is 12.8. The lowest BCUT2D eigenvalue weighted by Gasteiger charge is -2.48. The lowest BCUT2D eigenvalue weighted by Crippen LogP contribution is -2.61. The van der Waals surface area contributed by atoms with E-state index >= 15 is 0 Å². The van der Waals surface area contributed by atoms with Gasteiger partial charge in [0.1, 0.15) is 0 Å². The van der Waals surface area contributed by atoms with E-state index in [0.717, 1.165) is 0 Å². The van der Waals surface area contributed by atoms with Crippen LogP contribution in [0.5, 0.6) is 0 Å². The maximum Gasteiger partial charge on any atom is 0.0736 e. The van der Waals surface area contributed by atoms with Gasteiger partial charge in [-0.3, -0.25) is 4.90 Å². The van der Waals surface area contributed by atoms with Crippen molar-refractivity contribution in [1.82, 2.24) is 9.80 Å². The maximum absolute atomic E-state index is 6.01. The van der Waals surface area contributed by atoms with Crippen LogP contribution in [0.4, 0.5) is 0 Å². The molecule has 0 bridgehead atoms. The molecule has 0 spiro atoms. The fourth-order valence-corrected chi connectivity index (χ4v) is 2.89. The molecule has 2 unspecified atom stereocenters. The van der Waals surface area contributed by atoms with Gasteiger partial charge in [-0.1, -0.05) is 6.92 Å². The Bertz CT molecular complexity index is 241. The van der Waals surface area contributed by atoms with Gasteiger partial charge in [0.2, 0.25) is 0 Å². The second-order valence-corrected chi connectivity index (χ2v) is 5.72. The average molecular weight is 257 g/mol. The molecular weight excluding hydrogens is 226 g/mol. The van der Waals surface area contributed by atoms with Gasteiger partial charge in [-0.25, -0.2) is 0 Å². The number of hydrogen-bond acceptors (Lipinski definition) is 4. The molecule has 0 radical (unpaired) electrons. The smallest absolute Gasteiger partial charge is 0.0736 e. The molecule has 0 aromatic rings. The first kappa shape index (κ1) is 15.9. The van der Waals surface area contributed by atoms with Crippen molar-refractivity contribution in [3.63, 3.8) is 0 Å². The predicted molar refractivity (Wildman–Crippen MR) is 76.8 cm³/mol. The summed E-state index contributed by atoms with van der Waals surface area (Å²) < 4.78 is 5.53. The maximum atomic E-state index is 6.01. The van der Waals surface area contributed by atoms with Crippen molar-refractivity contribution in [2.75, 3.05) is 40.3 Å². The van der Waals surface area contributed by atoms with E-state index in [9.17, 15) is 0 Å². The van der Waals surface area contributed by atoms with Gasteiger partial charge in [-0.05, 0) is 53.4 Å². The van der Waals surface area contributed by atoms with Crippen molar-refractivity contribution in [2.45, 2.75) is 51.3 Å². The second kappa shape index (κ2) is 6.85. The Hall–Kier alpha value is -0.160. The number of methoxy groups -OCH3 is 1. The number of piperidine rings is 1. The Kier molecular flexibility index (Phi) is 6.05. The molecule has 2 N–H and O–H groups in total. The highest BCUT2D eigenvalue weighted by atomic mass is 16.5. The minimum atomic E-state index is -0.0756. The van der Waals surface area contributed by atoms with Gasteiger partial charge < -0.3 is 15.4 Å². The number of nitrogens with zero attached hydrogens (tertiary/aromatic N) is 2. The molecule has 0 aromatic heterocycles. The van der Waals surface area contributed by atoms with Crippen molar-refractivity contribution >= 4 is 0 Å². The van der Waals surface area contributed by atoms with Crippen LogP contribution in [0.15, 0.2) is 0 Å². The second-order valence-electron chi connectivity index (χ2n) is 5.72. The molecule has 0 amide bonds. The van der Waals surface area contributed by atoms with Crippen molar-refractivity contribution in [2.24, 2.45) is 5.73 Å². The van der Waals surface area contributed by atoms with Gasteiger partial charge in [0, 0.05) is 19.7 Å². The van der Waals surface area contributed by atoms with Gasteiger partial charge in [0.05, 0.1) is 11.6 Å². The molecule has 18 heavy (non-hydrogen) atoms. The van der Waals surface area contributed by atoms with Gasteiger partial charge in [-0.15, -0.1) is 0 Å². The molecule has 0 saturated carbocycles. The molecule has 0 aliphatic carbocycles. The van der Waals surface area contributed by atoms with E-state index in [1.165, 1.54) is 32.5 Å². The molecule has 1 aliphatic rings. The Morgan fingerprint density at radius 3 is 2.39 bits per heavy atom. The van der Waals surface area contributed by atoms with Crippen LogP contribution in [-0.2, 0) is 4.74 Å². The lowest BCUT2D eigenvalue weighted by atomic mass is 9.89. The van der Waals surface area contributed by atoms with E-state index in [0.29, 0.717) is 12.6 Å². The van der Waals surface area contributed by atoms with Crippen molar-refractivity contribution in [3.8, 4) is 0 Å². The van der Waals surface area contributed by atoms with E-state index in [4.69, 9.17) is 10.5 Å². The molecule has 1 heterocycles. The van der Waals surface area contributed by atoms with E-state index in [1.54, 1.807) is 7.11 Å². The summed E-state index contributed by atoms with van der Waals surface area (Å²) in [7, 11) is 3.97. The number of likely N-dealkylation sites (tertiary alicyclic amines) is 1. The highest BCUT2D eigenvalue weighted by Gasteiger charge is 2.38. The topological polar surface area (TPSA) is 41.7 Å². The third-order valence-corrected chi connectivity index (χ3v) is 5.00. The quantitative estimate of drug-likeness (QED) is 0.775. The summed E-state index contributed by atoms with van der Waals surface area (Å²) in [5.74, 6) is 0. The first-order chi connectivity index (χ1) is 8.49. The Morgan fingerprint density at radius 1 is 1.44 bits per heavy atom. The number of ether oxygens (including phenoxy) is 1. The summed E-state index contributed by atoms with van der Waals surface area (Å²) in [4.78, 5) is 4.97. The summed E-state index contributed by atoms with van der Waals surface area (Å²) in [5.41, 5.74) is 5.94. The Labute approximate surface area is 112 Å². The zero-order valence-corrected chi connectivity index (χ0v) is 12.8. The van der Waals surface area contributed by atoms with Crippen molar-refractivity contribution in [3.05, 3.63) is 0 Å². The summed E-state index contributed by atoms with van der Waals surface area (Å²) in [6.45, 7) is 10.8. The number of likely N-dealkylation sites (N-methyl/N-ethyl adjacent to an activating group) is 1. The summed E-state index contributed by atoms with van der Waals surface area (Å²) in [5, 5.41) is 0. The van der Waals surface area contributed by atoms with Gasteiger partial charge in [0.25, 0.3) is 0 Å². The van der Waals surface area contributed by atoms with Crippen LogP contribution < -0.4 is 5.73 Å². The molecule has 2 atom stereocenters. The molecule has 1 fully saturated rings. The highest BCUT2D eigenvalue weighted by molar-refractivity contribution is 4.95. The third-order valence-electron chi connectivity index (χ3n) is 5.00. The molecule has 1 saturated heterocycles. The molecule has 0 aromatic carbocycles. The van der Waals surface area contributed by atoms with Crippen molar-refractivity contribution < 1.29 is 4.74 Å². The molecule has 4 nitrogen and oxygen atoms in total. The number of hydrogen-bond donors (Lipinski definition) is 1. The van der Waals surface area contributed by atoms with Gasteiger partial charge in [-0.2, -0.15) is 0 Å². The molecule has 4 heteroatoms. The first-order valence-corrected chi connectivity index (χ1v) is 7.17. The molecule has 1 rings (SSSR count). The van der Waals surface area contributed by atoms with Crippen LogP contribution in [0.25, 0.3) is 0 Å². The lowest BCUT2D eigenvalue weighted by molar-refractivity contribution is -0.0479. The number of nitrogens with two attached hydrogens (primary N) is 1. The summed E-state index contributed by atoms with van der Waals surface area (Å²) >= 11 is 0. The summed E-state index contributed by atoms with van der Waals surface area (Å²) in [6.07, 6.45) is 2.61. The largest absolute Gasteiger partial charge is 0.380 e. The van der Waals surface area contributed by atoms with Crippen LogP contribution in [0.1, 0.15) is 33.6 Å². The minimum Gasteiger partial charge on any atom is -0.380 e. The standard InChI is InChI=1S/C14H31N3O/c1-6-17-9-7-13(8-10-17)16(4)14(3,11-15)12(2)18-5/h12-13H,6-11,15H2,1-5H3. The molecule has 1 aliphatic heterocycles. The summed E-state index contributed by atoms with van der Waals surface area (Å²) in [6, 6.07) is 0.624. The van der Waals surface area contributed by atoms with Crippen LogP contribution >= 0.6 is 0 Å². The van der Waals surface area contributed by atoms with Gasteiger partial charge >= 0.3 is 0 Å². The van der Waals surface area contributed by atoms with E-state index in [1.807, 2.05) is 0 Å². The van der Waals surface area contributed by atoms with Crippen LogP contribution in [0, 0.1) is 0 Å². The third kappa shape index (κ3) is 3.23. The highest BCUT2D eigenvalue weighted by Crippen LogP contribution is 2.26. The average Bonchev–Trinajstić information content (AvgIpc) is 2.44.